The highest BCUT2D eigenvalue weighted by molar-refractivity contribution is 6.96. The van der Waals surface area contributed by atoms with Gasteiger partial charge in [0.2, 0.25) is 0 Å². The molecule has 2 aromatic carbocycles. The Hall–Kier alpha value is -2.62. The number of para-hydroxylation sites is 4. The summed E-state index contributed by atoms with van der Waals surface area (Å²) >= 11 is 0. The minimum absolute atomic E-state index is 0.374. The minimum Gasteiger partial charge on any atom is -0.519 e. The molecule has 2 unspecified atom stereocenters. The molecule has 0 spiro atoms. The Labute approximate surface area is 237 Å². The largest absolute Gasteiger partial charge is 0.632 e. The molecule has 6 rings (SSSR count). The van der Waals surface area contributed by atoms with E-state index in [2.05, 4.69) is 76.7 Å². The maximum atomic E-state index is 6.27. The van der Waals surface area contributed by atoms with Gasteiger partial charge in [0.25, 0.3) is 0 Å². The second-order valence-corrected chi connectivity index (χ2v) is 29.0. The van der Waals surface area contributed by atoms with Crippen LogP contribution in [-0.2, 0) is 0 Å². The monoisotopic (exact) mass is 568 g/mol. The summed E-state index contributed by atoms with van der Waals surface area (Å²) in [6.07, 6.45) is 9.84. The SMILES string of the molecule is C[Si](C)(C1=CC(B2Oc3ccccc3O2)=CC1[Si](C)(C)C)C1=CC(B2Oc3ccccc3O2)=CC1[Si](C)(C)C. The number of hydrogen-bond donors (Lipinski definition) is 0. The Bertz CT molecular complexity index is 1290. The number of allylic oxidation sites excluding steroid dienone is 8. The highest BCUT2D eigenvalue weighted by Gasteiger charge is 2.50. The zero-order valence-electron chi connectivity index (χ0n) is 24.4. The van der Waals surface area contributed by atoms with E-state index in [0.717, 1.165) is 23.0 Å². The van der Waals surface area contributed by atoms with Gasteiger partial charge < -0.3 is 18.6 Å². The smallest absolute Gasteiger partial charge is 0.519 e. The summed E-state index contributed by atoms with van der Waals surface area (Å²) < 4.78 is 25.1. The van der Waals surface area contributed by atoms with E-state index in [-0.39, 0.29) is 14.2 Å². The van der Waals surface area contributed by atoms with Gasteiger partial charge in [-0.1, -0.05) is 111 Å². The average Bonchev–Trinajstić information content (AvgIpc) is 3.65. The normalized spacial score (nSPS) is 22.2. The molecule has 4 aliphatic rings. The van der Waals surface area contributed by atoms with Crippen LogP contribution in [0.15, 0.2) is 94.2 Å². The van der Waals surface area contributed by atoms with Crippen molar-refractivity contribution < 1.29 is 18.6 Å². The minimum atomic E-state index is -2.06. The van der Waals surface area contributed by atoms with Crippen molar-refractivity contribution in [1.82, 2.24) is 0 Å². The highest BCUT2D eigenvalue weighted by Crippen LogP contribution is 2.52. The molecule has 0 bridgehead atoms. The molecule has 0 fully saturated rings. The lowest BCUT2D eigenvalue weighted by molar-refractivity contribution is 0.513. The Morgan fingerprint density at radius 1 is 0.513 bits per heavy atom. The molecular weight excluding hydrogens is 530 g/mol. The molecule has 0 N–H and O–H groups in total. The quantitative estimate of drug-likeness (QED) is 0.332. The van der Waals surface area contributed by atoms with Crippen LogP contribution in [0.5, 0.6) is 23.0 Å². The van der Waals surface area contributed by atoms with Crippen LogP contribution < -0.4 is 18.6 Å². The predicted octanol–water partition coefficient (Wildman–Crippen LogP) is 7.92. The van der Waals surface area contributed by atoms with E-state index in [9.17, 15) is 0 Å². The van der Waals surface area contributed by atoms with Gasteiger partial charge in [0, 0.05) is 10.9 Å². The van der Waals surface area contributed by atoms with Crippen molar-refractivity contribution in [1.29, 1.82) is 0 Å². The van der Waals surface area contributed by atoms with Gasteiger partial charge in [-0.25, -0.2) is 0 Å². The zero-order valence-corrected chi connectivity index (χ0v) is 27.4. The average molecular weight is 569 g/mol. The molecule has 2 aliphatic carbocycles. The van der Waals surface area contributed by atoms with Crippen LogP contribution in [0, 0.1) is 0 Å². The second-order valence-electron chi connectivity index (χ2n) is 13.9. The molecule has 0 saturated carbocycles. The van der Waals surface area contributed by atoms with Crippen LogP contribution in [0.1, 0.15) is 0 Å². The van der Waals surface area contributed by atoms with Gasteiger partial charge in [0.05, 0.1) is 16.1 Å². The van der Waals surface area contributed by atoms with Crippen LogP contribution in [0.4, 0.5) is 0 Å². The number of rotatable bonds is 6. The first-order chi connectivity index (χ1) is 18.3. The molecule has 2 atom stereocenters. The number of benzene rings is 2. The fraction of sp³-hybridized carbons (Fsp3) is 0.333. The van der Waals surface area contributed by atoms with E-state index >= 15 is 0 Å². The van der Waals surface area contributed by atoms with Crippen LogP contribution in [-0.4, -0.2) is 38.5 Å². The maximum absolute atomic E-state index is 6.27. The van der Waals surface area contributed by atoms with Crippen molar-refractivity contribution in [3.8, 4) is 23.0 Å². The summed E-state index contributed by atoms with van der Waals surface area (Å²) in [7, 11) is -5.97. The van der Waals surface area contributed by atoms with Gasteiger partial charge in [0.1, 0.15) is 31.1 Å². The predicted molar refractivity (Wildman–Crippen MR) is 171 cm³/mol. The van der Waals surface area contributed by atoms with E-state index in [0.29, 0.717) is 11.1 Å². The molecule has 200 valence electrons. The summed E-state index contributed by atoms with van der Waals surface area (Å²) in [5.74, 6) is 3.31. The Kier molecular flexibility index (Phi) is 6.28. The Morgan fingerprint density at radius 2 is 0.821 bits per heavy atom. The van der Waals surface area contributed by atoms with E-state index in [1.165, 1.54) is 10.9 Å². The Morgan fingerprint density at radius 3 is 1.10 bits per heavy atom. The molecule has 9 heteroatoms. The van der Waals surface area contributed by atoms with E-state index < -0.39 is 24.2 Å². The van der Waals surface area contributed by atoms with Gasteiger partial charge in [0.15, 0.2) is 0 Å². The molecule has 0 radical (unpaired) electrons. The molecule has 4 nitrogen and oxygen atoms in total. The molecule has 0 amide bonds. The lowest BCUT2D eigenvalue weighted by atomic mass is 9.79. The highest BCUT2D eigenvalue weighted by atomic mass is 28.3. The van der Waals surface area contributed by atoms with Gasteiger partial charge in [-0.3, -0.25) is 0 Å². The molecule has 39 heavy (non-hydrogen) atoms. The van der Waals surface area contributed by atoms with Crippen LogP contribution in [0.25, 0.3) is 0 Å². The van der Waals surface area contributed by atoms with Crippen molar-refractivity contribution in [3.05, 3.63) is 94.2 Å². The number of fused-ring (bicyclic) bond motifs is 2. The van der Waals surface area contributed by atoms with Gasteiger partial charge in [-0.15, -0.1) is 0 Å². The first kappa shape index (κ1) is 26.6. The second kappa shape index (κ2) is 9.21. The third-order valence-electron chi connectivity index (χ3n) is 8.52. The molecule has 2 aromatic rings. The maximum Gasteiger partial charge on any atom is 0.632 e. The van der Waals surface area contributed by atoms with Crippen molar-refractivity contribution in [2.75, 3.05) is 0 Å². The first-order valence-corrected chi connectivity index (χ1v) is 24.2. The van der Waals surface area contributed by atoms with Crippen LogP contribution >= 0.6 is 0 Å². The summed E-state index contributed by atoms with van der Waals surface area (Å²) in [5, 5.41) is 3.22. The van der Waals surface area contributed by atoms with Crippen molar-refractivity contribution in [2.45, 2.75) is 63.5 Å². The summed E-state index contributed by atoms with van der Waals surface area (Å²) in [4.78, 5) is 0. The standard InChI is InChI=1S/C30H38B2O4Si3/c1-37(2,3)27-17-21(31-33-23-13-9-10-14-24(23)34-31)19-29(27)39(7,8)30-20-22(18-28(30)38(4,5)6)32-35-25-15-11-12-16-26(25)36-32/h9-20,27-28H,1-8H3. The van der Waals surface area contributed by atoms with Crippen molar-refractivity contribution >= 4 is 38.5 Å². The van der Waals surface area contributed by atoms with Crippen LogP contribution in [0.2, 0.25) is 63.5 Å². The summed E-state index contributed by atoms with van der Waals surface area (Å²) in [5.41, 5.74) is 3.26. The molecule has 2 aliphatic heterocycles. The summed E-state index contributed by atoms with van der Waals surface area (Å²) in [6.45, 7) is 20.0. The van der Waals surface area contributed by atoms with E-state index in [1.54, 1.807) is 10.4 Å². The fourth-order valence-electron chi connectivity index (χ4n) is 6.30. The molecule has 2 heterocycles. The molecular formula is C30H38B2O4Si3. The lowest BCUT2D eigenvalue weighted by Crippen LogP contribution is -2.43. The van der Waals surface area contributed by atoms with Crippen molar-refractivity contribution in [2.24, 2.45) is 0 Å². The fourth-order valence-corrected chi connectivity index (χ4v) is 17.6. The zero-order chi connectivity index (χ0) is 27.7. The topological polar surface area (TPSA) is 36.9 Å². The third-order valence-corrected chi connectivity index (χ3v) is 17.6. The van der Waals surface area contributed by atoms with Gasteiger partial charge in [-0.2, -0.15) is 0 Å². The van der Waals surface area contributed by atoms with Gasteiger partial charge in [-0.05, 0) is 35.3 Å². The first-order valence-electron chi connectivity index (χ1n) is 14.0. The van der Waals surface area contributed by atoms with Crippen molar-refractivity contribution in [3.63, 3.8) is 0 Å². The lowest BCUT2D eigenvalue weighted by Gasteiger charge is -2.40. The van der Waals surface area contributed by atoms with Crippen LogP contribution in [0.3, 0.4) is 0 Å². The van der Waals surface area contributed by atoms with Gasteiger partial charge >= 0.3 is 14.2 Å². The molecule has 0 saturated heterocycles. The molecule has 0 aromatic heterocycles. The summed E-state index contributed by atoms with van der Waals surface area (Å²) in [6, 6.07) is 16.0. The third kappa shape index (κ3) is 4.72. The van der Waals surface area contributed by atoms with E-state index in [4.69, 9.17) is 18.6 Å². The number of hydrogen-bond acceptors (Lipinski definition) is 4. The Balaban J connectivity index is 1.35. The van der Waals surface area contributed by atoms with E-state index in [1.807, 2.05) is 48.5 Å².